The van der Waals surface area contributed by atoms with Gasteiger partial charge in [-0.05, 0) is 96.4 Å². The van der Waals surface area contributed by atoms with Crippen LogP contribution in [0.1, 0.15) is 80.3 Å². The van der Waals surface area contributed by atoms with E-state index in [9.17, 15) is 14.4 Å². The smallest absolute Gasteiger partial charge is 0.303 e. The van der Waals surface area contributed by atoms with E-state index in [1.807, 2.05) is 45.0 Å². The number of ether oxygens (including phenoxy) is 1. The Morgan fingerprint density at radius 1 is 1.11 bits per heavy atom. The number of ketones is 1. The molecule has 3 aliphatic rings. The number of amides is 1. The zero-order chi connectivity index (χ0) is 27.2. The second-order valence-electron chi connectivity index (χ2n) is 11.7. The lowest BCUT2D eigenvalue weighted by molar-refractivity contribution is -0.149. The fraction of sp³-hybridized carbons (Fsp3) is 0.516. The van der Waals surface area contributed by atoms with Crippen molar-refractivity contribution in [2.75, 3.05) is 13.2 Å². The molecule has 2 aliphatic carbocycles. The molecule has 1 N–H and O–H groups in total. The molecular formula is C31H36FNO5. The van der Waals surface area contributed by atoms with Gasteiger partial charge < -0.3 is 14.7 Å². The summed E-state index contributed by atoms with van der Waals surface area (Å²) in [6, 6.07) is 8.35. The van der Waals surface area contributed by atoms with Gasteiger partial charge in [0.05, 0.1) is 6.61 Å². The highest BCUT2D eigenvalue weighted by Crippen LogP contribution is 2.43. The Hall–Kier alpha value is -3.22. The Balaban J connectivity index is 1.42. The molecule has 202 valence electrons. The first-order valence-electron chi connectivity index (χ1n) is 13.7. The van der Waals surface area contributed by atoms with Crippen molar-refractivity contribution >= 4 is 17.7 Å². The van der Waals surface area contributed by atoms with Crippen LogP contribution in [0.2, 0.25) is 0 Å². The third kappa shape index (κ3) is 4.95. The average molecular weight is 522 g/mol. The van der Waals surface area contributed by atoms with E-state index >= 15 is 4.39 Å². The lowest BCUT2D eigenvalue weighted by Gasteiger charge is -2.42. The van der Waals surface area contributed by atoms with Crippen LogP contribution in [-0.4, -0.2) is 40.8 Å². The van der Waals surface area contributed by atoms with Crippen LogP contribution < -0.4 is 4.74 Å². The molecule has 2 aromatic carbocycles. The maximum atomic E-state index is 15.2. The molecular weight excluding hydrogens is 485 g/mol. The van der Waals surface area contributed by atoms with Crippen LogP contribution in [0.3, 0.4) is 0 Å². The molecule has 6 nitrogen and oxygen atoms in total. The zero-order valence-corrected chi connectivity index (χ0v) is 22.4. The van der Waals surface area contributed by atoms with Crippen molar-refractivity contribution in [3.8, 4) is 5.75 Å². The molecule has 1 heterocycles. The maximum Gasteiger partial charge on any atom is 0.303 e. The minimum Gasteiger partial charge on any atom is -0.494 e. The summed E-state index contributed by atoms with van der Waals surface area (Å²) in [6.07, 6.45) is 3.45. The van der Waals surface area contributed by atoms with Crippen molar-refractivity contribution < 1.29 is 28.6 Å². The number of carboxylic acid groups (broad SMARTS) is 1. The summed E-state index contributed by atoms with van der Waals surface area (Å²) < 4.78 is 20.8. The minimum atomic E-state index is -0.851. The number of aliphatic carboxylic acids is 1. The molecule has 1 aliphatic heterocycles. The summed E-state index contributed by atoms with van der Waals surface area (Å²) >= 11 is 0. The second kappa shape index (κ2) is 10.2. The molecule has 38 heavy (non-hydrogen) atoms. The Morgan fingerprint density at radius 3 is 2.58 bits per heavy atom. The van der Waals surface area contributed by atoms with Crippen LogP contribution in [-0.2, 0) is 39.1 Å². The van der Waals surface area contributed by atoms with Crippen LogP contribution in [0.15, 0.2) is 30.3 Å². The monoisotopic (exact) mass is 521 g/mol. The van der Waals surface area contributed by atoms with Gasteiger partial charge in [-0.3, -0.25) is 14.4 Å². The van der Waals surface area contributed by atoms with Crippen molar-refractivity contribution in [2.45, 2.75) is 77.2 Å². The highest BCUT2D eigenvalue weighted by molar-refractivity contribution is 5.93. The van der Waals surface area contributed by atoms with Crippen molar-refractivity contribution in [3.63, 3.8) is 0 Å². The summed E-state index contributed by atoms with van der Waals surface area (Å²) in [7, 11) is 0. The number of carboxylic acids is 1. The van der Waals surface area contributed by atoms with Gasteiger partial charge in [0.1, 0.15) is 17.6 Å². The van der Waals surface area contributed by atoms with Crippen molar-refractivity contribution in [1.29, 1.82) is 0 Å². The highest BCUT2D eigenvalue weighted by Gasteiger charge is 2.43. The molecule has 0 bridgehead atoms. The minimum absolute atomic E-state index is 0.0000637. The quantitative estimate of drug-likeness (QED) is 0.517. The number of nitrogens with zero attached hydrogens (tertiary/aromatic N) is 1. The van der Waals surface area contributed by atoms with Crippen LogP contribution in [0, 0.1) is 17.7 Å². The summed E-state index contributed by atoms with van der Waals surface area (Å²) in [5, 5.41) is 9.08. The van der Waals surface area contributed by atoms with Gasteiger partial charge in [-0.25, -0.2) is 4.39 Å². The SMILES string of the molecule is CCOc1ccc2c(c1)CCN(C(=O)C1CC(CC(=O)O)C1)C2C(=O)Cc1cc(F)c2c(c1)CCC2(C)C. The number of hydrogen-bond acceptors (Lipinski definition) is 4. The fourth-order valence-corrected chi connectivity index (χ4v) is 6.68. The third-order valence-corrected chi connectivity index (χ3v) is 8.60. The van der Waals surface area contributed by atoms with Crippen LogP contribution >= 0.6 is 0 Å². The molecule has 0 spiro atoms. The molecule has 7 heteroatoms. The fourth-order valence-electron chi connectivity index (χ4n) is 6.68. The summed E-state index contributed by atoms with van der Waals surface area (Å²) in [5.74, 6) is -0.872. The lowest BCUT2D eigenvalue weighted by Crippen LogP contribution is -2.49. The number of carbonyl (C=O) groups is 3. The summed E-state index contributed by atoms with van der Waals surface area (Å²) in [6.45, 7) is 6.95. The molecule has 0 saturated heterocycles. The second-order valence-corrected chi connectivity index (χ2v) is 11.7. The molecule has 0 aromatic heterocycles. The molecule has 1 unspecified atom stereocenters. The molecule has 1 saturated carbocycles. The van der Waals surface area contributed by atoms with E-state index in [0.29, 0.717) is 38.0 Å². The van der Waals surface area contributed by atoms with E-state index in [4.69, 9.17) is 9.84 Å². The molecule has 1 atom stereocenters. The van der Waals surface area contributed by atoms with Gasteiger partial charge in [-0.1, -0.05) is 26.0 Å². The van der Waals surface area contributed by atoms with Gasteiger partial charge in [0.15, 0.2) is 5.78 Å². The number of hydrogen-bond donors (Lipinski definition) is 1. The van der Waals surface area contributed by atoms with Gasteiger partial charge in [0.25, 0.3) is 0 Å². The predicted octanol–water partition coefficient (Wildman–Crippen LogP) is 5.19. The normalized spacial score (nSPS) is 23.3. The Morgan fingerprint density at radius 2 is 1.87 bits per heavy atom. The maximum absolute atomic E-state index is 15.2. The van der Waals surface area contributed by atoms with Crippen molar-refractivity contribution in [2.24, 2.45) is 11.8 Å². The number of benzene rings is 2. The first-order chi connectivity index (χ1) is 18.1. The van der Waals surface area contributed by atoms with Crippen LogP contribution in [0.4, 0.5) is 4.39 Å². The van der Waals surface area contributed by atoms with E-state index in [1.165, 1.54) is 6.07 Å². The number of aryl methyl sites for hydroxylation is 1. The number of fused-ring (bicyclic) bond motifs is 2. The van der Waals surface area contributed by atoms with Crippen LogP contribution in [0.25, 0.3) is 0 Å². The molecule has 5 rings (SSSR count). The first kappa shape index (κ1) is 26.4. The topological polar surface area (TPSA) is 83.9 Å². The summed E-state index contributed by atoms with van der Waals surface area (Å²) in [5.41, 5.74) is 3.92. The predicted molar refractivity (Wildman–Crippen MR) is 141 cm³/mol. The van der Waals surface area contributed by atoms with Gasteiger partial charge >= 0.3 is 5.97 Å². The zero-order valence-electron chi connectivity index (χ0n) is 22.4. The molecule has 1 amide bonds. The van der Waals surface area contributed by atoms with E-state index < -0.39 is 12.0 Å². The van der Waals surface area contributed by atoms with Crippen LogP contribution in [0.5, 0.6) is 5.75 Å². The third-order valence-electron chi connectivity index (χ3n) is 8.60. The van der Waals surface area contributed by atoms with Gasteiger partial charge in [0, 0.05) is 25.3 Å². The largest absolute Gasteiger partial charge is 0.494 e. The van der Waals surface area contributed by atoms with Gasteiger partial charge in [0.2, 0.25) is 5.91 Å². The highest BCUT2D eigenvalue weighted by atomic mass is 19.1. The average Bonchev–Trinajstić information content (AvgIpc) is 3.14. The number of halogens is 1. The van der Waals surface area contributed by atoms with E-state index in [-0.39, 0.29) is 47.6 Å². The Kier molecular flexibility index (Phi) is 7.05. The lowest BCUT2D eigenvalue weighted by atomic mass is 9.72. The standard InChI is InChI=1S/C31H36FNO5/c1-4-38-23-5-6-24-20(17-23)8-10-33(30(37)22-12-18(13-22)16-27(35)36)29(24)26(34)15-19-11-21-7-9-31(2,3)28(21)25(32)14-19/h5-6,11,14,17-18,22,29H,4,7-10,12-13,15-16H2,1-3H3,(H,35,36). The molecule has 1 fully saturated rings. The Labute approximate surface area is 223 Å². The van der Waals surface area contributed by atoms with E-state index in [0.717, 1.165) is 40.8 Å². The van der Waals surface area contributed by atoms with Crippen molar-refractivity contribution in [1.82, 2.24) is 4.90 Å². The van der Waals surface area contributed by atoms with Crippen molar-refractivity contribution in [3.05, 3.63) is 64.0 Å². The van der Waals surface area contributed by atoms with E-state index in [1.54, 1.807) is 4.90 Å². The first-order valence-corrected chi connectivity index (χ1v) is 13.7. The van der Waals surface area contributed by atoms with Gasteiger partial charge in [-0.2, -0.15) is 0 Å². The van der Waals surface area contributed by atoms with Gasteiger partial charge in [-0.15, -0.1) is 0 Å². The summed E-state index contributed by atoms with van der Waals surface area (Å²) in [4.78, 5) is 40.2. The van der Waals surface area contributed by atoms with E-state index in [2.05, 4.69) is 0 Å². The Bertz CT molecular complexity index is 1280. The number of carbonyl (C=O) groups excluding carboxylic acids is 2. The number of rotatable bonds is 8. The number of Topliss-reactive ketones (excluding diaryl/α,β-unsaturated/α-hetero) is 1. The molecule has 0 radical (unpaired) electrons. The molecule has 2 aromatic rings.